The second-order valence-corrected chi connectivity index (χ2v) is 3.93. The van der Waals surface area contributed by atoms with Crippen molar-refractivity contribution in [2.75, 3.05) is 7.05 Å². The molecule has 1 nitrogen and oxygen atoms in total. The largest absolute Gasteiger partial charge is 0.316 e. The van der Waals surface area contributed by atoms with Gasteiger partial charge in [-0.3, -0.25) is 0 Å². The molecule has 1 unspecified atom stereocenters. The normalized spacial score (nSPS) is 13.9. The van der Waals surface area contributed by atoms with Crippen molar-refractivity contribution in [2.24, 2.45) is 5.41 Å². The van der Waals surface area contributed by atoms with Crippen molar-refractivity contribution >= 4 is 0 Å². The van der Waals surface area contributed by atoms with E-state index in [-0.39, 0.29) is 0 Å². The van der Waals surface area contributed by atoms with Crippen molar-refractivity contribution in [3.05, 3.63) is 0 Å². The summed E-state index contributed by atoms with van der Waals surface area (Å²) in [6, 6.07) is 0.540. The van der Waals surface area contributed by atoms with E-state index in [9.17, 15) is 0 Å². The first-order chi connectivity index (χ1) is 5.58. The fourth-order valence-corrected chi connectivity index (χ4v) is 1.40. The number of terminal acetylenes is 1. The summed E-state index contributed by atoms with van der Waals surface area (Å²) in [5.74, 6) is 2.69. The molecule has 0 spiro atoms. The van der Waals surface area contributed by atoms with Gasteiger partial charge in [0.05, 0.1) is 0 Å². The number of hydrogen-bond donors (Lipinski definition) is 1. The smallest absolute Gasteiger partial charge is 0.0124 e. The Bertz CT molecular complexity index is 153. The van der Waals surface area contributed by atoms with Crippen LogP contribution in [0.3, 0.4) is 0 Å². The van der Waals surface area contributed by atoms with E-state index >= 15 is 0 Å². The Morgan fingerprint density at radius 2 is 2.08 bits per heavy atom. The Morgan fingerprint density at radius 1 is 1.50 bits per heavy atom. The molecule has 0 amide bonds. The molecular weight excluding hydrogens is 146 g/mol. The van der Waals surface area contributed by atoms with Gasteiger partial charge < -0.3 is 5.32 Å². The topological polar surface area (TPSA) is 12.0 Å². The van der Waals surface area contributed by atoms with Crippen molar-refractivity contribution in [3.63, 3.8) is 0 Å². The molecule has 0 aromatic heterocycles. The molecule has 12 heavy (non-hydrogen) atoms. The van der Waals surface area contributed by atoms with Crippen LogP contribution >= 0.6 is 0 Å². The maximum absolute atomic E-state index is 5.24. The van der Waals surface area contributed by atoms with Crippen LogP contribution in [0.5, 0.6) is 0 Å². The van der Waals surface area contributed by atoms with Crippen LogP contribution in [0.15, 0.2) is 0 Å². The lowest BCUT2D eigenvalue weighted by Gasteiger charge is -2.33. The minimum absolute atomic E-state index is 0.353. The van der Waals surface area contributed by atoms with Gasteiger partial charge in [0, 0.05) is 12.5 Å². The first-order valence-corrected chi connectivity index (χ1v) is 4.69. The maximum Gasteiger partial charge on any atom is 0.0124 e. The Hall–Kier alpha value is -0.480. The molecule has 0 saturated heterocycles. The fraction of sp³-hybridized carbons (Fsp3) is 0.818. The summed E-state index contributed by atoms with van der Waals surface area (Å²) in [7, 11) is 2.01. The van der Waals surface area contributed by atoms with E-state index in [0.717, 1.165) is 12.8 Å². The van der Waals surface area contributed by atoms with Crippen LogP contribution in [-0.2, 0) is 0 Å². The zero-order valence-electron chi connectivity index (χ0n) is 8.78. The fourth-order valence-electron chi connectivity index (χ4n) is 1.40. The van der Waals surface area contributed by atoms with Gasteiger partial charge in [-0.05, 0) is 25.3 Å². The van der Waals surface area contributed by atoms with Crippen LogP contribution in [0.1, 0.15) is 40.0 Å². The lowest BCUT2D eigenvalue weighted by molar-refractivity contribution is 0.232. The van der Waals surface area contributed by atoms with Crippen molar-refractivity contribution in [2.45, 2.75) is 46.1 Å². The van der Waals surface area contributed by atoms with Gasteiger partial charge in [-0.1, -0.05) is 20.8 Å². The quantitative estimate of drug-likeness (QED) is 0.620. The lowest BCUT2D eigenvalue weighted by atomic mass is 9.80. The van der Waals surface area contributed by atoms with E-state index in [1.165, 1.54) is 6.42 Å². The van der Waals surface area contributed by atoms with Crippen molar-refractivity contribution in [1.82, 2.24) is 5.32 Å². The third-order valence-electron chi connectivity index (χ3n) is 2.78. The molecule has 0 aromatic rings. The molecule has 1 N–H and O–H groups in total. The predicted molar refractivity (Wildman–Crippen MR) is 55.0 cm³/mol. The van der Waals surface area contributed by atoms with E-state index in [4.69, 9.17) is 6.42 Å². The highest BCUT2D eigenvalue weighted by molar-refractivity contribution is 4.89. The molecule has 0 heterocycles. The average Bonchev–Trinajstić information content (AvgIpc) is 2.05. The molecule has 0 bridgehead atoms. The molecule has 0 aliphatic carbocycles. The van der Waals surface area contributed by atoms with E-state index in [1.807, 2.05) is 7.05 Å². The molecule has 0 radical (unpaired) electrons. The minimum atomic E-state index is 0.353. The zero-order chi connectivity index (χ0) is 9.61. The summed E-state index contributed by atoms with van der Waals surface area (Å²) in [6.07, 6.45) is 8.37. The van der Waals surface area contributed by atoms with Crippen molar-refractivity contribution in [1.29, 1.82) is 0 Å². The second kappa shape index (κ2) is 5.22. The Morgan fingerprint density at radius 3 is 2.42 bits per heavy atom. The van der Waals surface area contributed by atoms with Crippen LogP contribution < -0.4 is 5.32 Å². The summed E-state index contributed by atoms with van der Waals surface area (Å²) >= 11 is 0. The predicted octanol–water partition coefficient (Wildman–Crippen LogP) is 2.42. The molecular formula is C11H21N. The Labute approximate surface area is 76.9 Å². The van der Waals surface area contributed by atoms with Crippen LogP contribution in [0.25, 0.3) is 0 Å². The van der Waals surface area contributed by atoms with E-state index in [0.29, 0.717) is 11.5 Å². The van der Waals surface area contributed by atoms with Crippen LogP contribution in [-0.4, -0.2) is 13.1 Å². The Balaban J connectivity index is 4.06. The lowest BCUT2D eigenvalue weighted by Crippen LogP contribution is -2.39. The third kappa shape index (κ3) is 3.28. The molecule has 0 saturated carbocycles. The molecule has 0 aromatic carbocycles. The minimum Gasteiger partial charge on any atom is -0.316 e. The van der Waals surface area contributed by atoms with Crippen LogP contribution in [0.4, 0.5) is 0 Å². The summed E-state index contributed by atoms with van der Waals surface area (Å²) < 4.78 is 0. The first-order valence-electron chi connectivity index (χ1n) is 4.69. The monoisotopic (exact) mass is 167 g/mol. The van der Waals surface area contributed by atoms with Gasteiger partial charge >= 0.3 is 0 Å². The van der Waals surface area contributed by atoms with Crippen LogP contribution in [0, 0.1) is 17.8 Å². The maximum atomic E-state index is 5.24. The molecule has 0 aliphatic heterocycles. The highest BCUT2D eigenvalue weighted by Crippen LogP contribution is 2.27. The van der Waals surface area contributed by atoms with Gasteiger partial charge in [0.25, 0.3) is 0 Å². The summed E-state index contributed by atoms with van der Waals surface area (Å²) in [5, 5.41) is 3.33. The molecule has 0 rings (SSSR count). The molecule has 1 atom stereocenters. The van der Waals surface area contributed by atoms with Crippen molar-refractivity contribution in [3.8, 4) is 12.3 Å². The highest BCUT2D eigenvalue weighted by atomic mass is 14.9. The van der Waals surface area contributed by atoms with E-state index < -0.39 is 0 Å². The summed E-state index contributed by atoms with van der Waals surface area (Å²) in [6.45, 7) is 6.79. The van der Waals surface area contributed by atoms with Crippen LogP contribution in [0.2, 0.25) is 0 Å². The SMILES string of the molecule is C#CCCC(NC)C(C)(C)CC. The van der Waals surface area contributed by atoms with Gasteiger partial charge in [0.15, 0.2) is 0 Å². The van der Waals surface area contributed by atoms with Gasteiger partial charge in [-0.25, -0.2) is 0 Å². The molecule has 0 fully saturated rings. The average molecular weight is 167 g/mol. The Kier molecular flexibility index (Phi) is 5.01. The first kappa shape index (κ1) is 11.5. The second-order valence-electron chi connectivity index (χ2n) is 3.93. The number of rotatable bonds is 5. The summed E-state index contributed by atoms with van der Waals surface area (Å²) in [5.41, 5.74) is 0.353. The highest BCUT2D eigenvalue weighted by Gasteiger charge is 2.25. The van der Waals surface area contributed by atoms with Gasteiger partial charge in [0.1, 0.15) is 0 Å². The van der Waals surface area contributed by atoms with Gasteiger partial charge in [-0.2, -0.15) is 0 Å². The van der Waals surface area contributed by atoms with Gasteiger partial charge in [-0.15, -0.1) is 12.3 Å². The standard InChI is InChI=1S/C11H21N/c1-6-8-9-10(12-5)11(3,4)7-2/h1,10,12H,7-9H2,2-5H3. The van der Waals surface area contributed by atoms with Crippen molar-refractivity contribution < 1.29 is 0 Å². The number of nitrogens with one attached hydrogen (secondary N) is 1. The molecule has 70 valence electrons. The zero-order valence-corrected chi connectivity index (χ0v) is 8.78. The molecule has 1 heteroatoms. The third-order valence-corrected chi connectivity index (χ3v) is 2.78. The summed E-state index contributed by atoms with van der Waals surface area (Å²) in [4.78, 5) is 0. The van der Waals surface area contributed by atoms with E-state index in [2.05, 4.69) is 32.0 Å². The van der Waals surface area contributed by atoms with Gasteiger partial charge in [0.2, 0.25) is 0 Å². The number of hydrogen-bond acceptors (Lipinski definition) is 1. The molecule has 0 aliphatic rings. The van der Waals surface area contributed by atoms with E-state index in [1.54, 1.807) is 0 Å².